The fourth-order valence-electron chi connectivity index (χ4n) is 2.40. The van der Waals surface area contributed by atoms with E-state index in [2.05, 4.69) is 26.5 Å². The molecular formula is C17H15BrClN3O5S. The Kier molecular flexibility index (Phi) is 6.11. The summed E-state index contributed by atoms with van der Waals surface area (Å²) in [6.07, 6.45) is 2.42. The van der Waals surface area contributed by atoms with Crippen LogP contribution in [0.1, 0.15) is 5.56 Å². The number of anilines is 1. The molecule has 8 nitrogen and oxygen atoms in total. The van der Waals surface area contributed by atoms with Crippen LogP contribution in [0.2, 0.25) is 5.02 Å². The smallest absolute Gasteiger partial charge is 0.260 e. The van der Waals surface area contributed by atoms with Crippen LogP contribution in [0.4, 0.5) is 5.69 Å². The molecule has 0 atom stereocenters. The highest BCUT2D eigenvalue weighted by atomic mass is 79.9. The number of benzene rings is 2. The summed E-state index contributed by atoms with van der Waals surface area (Å²) in [5.41, 5.74) is 3.25. The van der Waals surface area contributed by atoms with Crippen LogP contribution in [0, 0.1) is 0 Å². The number of nitrogens with one attached hydrogen (secondary N) is 1. The molecule has 0 aromatic heterocycles. The monoisotopic (exact) mass is 487 g/mol. The van der Waals surface area contributed by atoms with Gasteiger partial charge in [-0.25, -0.2) is 13.8 Å². The third-order valence-electron chi connectivity index (χ3n) is 3.67. The molecule has 1 aliphatic heterocycles. The zero-order valence-corrected chi connectivity index (χ0v) is 17.7. The van der Waals surface area contributed by atoms with Gasteiger partial charge in [0.05, 0.1) is 18.2 Å². The van der Waals surface area contributed by atoms with E-state index in [-0.39, 0.29) is 12.5 Å². The molecular weight excluding hydrogens is 474 g/mol. The van der Waals surface area contributed by atoms with Crippen molar-refractivity contribution >= 4 is 55.4 Å². The summed E-state index contributed by atoms with van der Waals surface area (Å²) in [5.74, 6) is 0.567. The summed E-state index contributed by atoms with van der Waals surface area (Å²) in [6.45, 7) is -0.303. The van der Waals surface area contributed by atoms with Crippen molar-refractivity contribution in [3.05, 3.63) is 51.5 Å². The lowest BCUT2D eigenvalue weighted by Crippen LogP contribution is -2.39. The molecule has 0 saturated heterocycles. The average molecular weight is 489 g/mol. The van der Waals surface area contributed by atoms with E-state index in [1.807, 2.05) is 0 Å². The van der Waals surface area contributed by atoms with Gasteiger partial charge in [0.2, 0.25) is 16.8 Å². The van der Waals surface area contributed by atoms with Gasteiger partial charge in [-0.3, -0.25) is 9.10 Å². The SMILES string of the molecule is CS(=O)(=O)N(CC(=O)N/N=C\c1cc2c(cc1Br)OCO2)c1cccc(Cl)c1. The van der Waals surface area contributed by atoms with Crippen LogP contribution < -0.4 is 19.2 Å². The molecule has 1 N–H and O–H groups in total. The first kappa shape index (κ1) is 20.4. The second kappa shape index (κ2) is 8.38. The number of rotatable bonds is 6. The van der Waals surface area contributed by atoms with E-state index < -0.39 is 22.5 Å². The van der Waals surface area contributed by atoms with Gasteiger partial charge in [0.15, 0.2) is 11.5 Å². The zero-order valence-electron chi connectivity index (χ0n) is 14.6. The van der Waals surface area contributed by atoms with E-state index in [0.717, 1.165) is 10.6 Å². The number of hydrazone groups is 1. The first-order valence-corrected chi connectivity index (χ1v) is 10.9. The van der Waals surface area contributed by atoms with Gasteiger partial charge in [-0.1, -0.05) is 17.7 Å². The summed E-state index contributed by atoms with van der Waals surface area (Å²) < 4.78 is 36.3. The number of sulfonamides is 1. The highest BCUT2D eigenvalue weighted by molar-refractivity contribution is 9.10. The van der Waals surface area contributed by atoms with Gasteiger partial charge >= 0.3 is 0 Å². The Morgan fingerprint density at radius 3 is 2.71 bits per heavy atom. The Morgan fingerprint density at radius 1 is 1.32 bits per heavy atom. The molecule has 1 amide bonds. The molecule has 148 valence electrons. The summed E-state index contributed by atoms with van der Waals surface area (Å²) >= 11 is 9.29. The van der Waals surface area contributed by atoms with Gasteiger partial charge in [-0.2, -0.15) is 5.10 Å². The normalized spacial score (nSPS) is 13.0. The Hall–Kier alpha value is -2.30. The Labute approximate surface area is 175 Å². The van der Waals surface area contributed by atoms with Crippen LogP contribution in [0.15, 0.2) is 46.0 Å². The number of halogens is 2. The molecule has 3 rings (SSSR count). The van der Waals surface area contributed by atoms with Crippen molar-refractivity contribution in [3.8, 4) is 11.5 Å². The molecule has 0 bridgehead atoms. The maximum Gasteiger partial charge on any atom is 0.260 e. The third-order valence-corrected chi connectivity index (χ3v) is 5.73. The first-order chi connectivity index (χ1) is 13.2. The Bertz CT molecular complexity index is 1050. The van der Waals surface area contributed by atoms with Crippen LogP contribution in [0.25, 0.3) is 0 Å². The molecule has 2 aromatic carbocycles. The summed E-state index contributed by atoms with van der Waals surface area (Å²) in [4.78, 5) is 12.2. The van der Waals surface area contributed by atoms with E-state index in [4.69, 9.17) is 21.1 Å². The number of nitrogens with zero attached hydrogens (tertiary/aromatic N) is 2. The molecule has 0 saturated carbocycles. The molecule has 11 heteroatoms. The molecule has 0 radical (unpaired) electrons. The molecule has 0 fully saturated rings. The third kappa shape index (κ3) is 4.94. The van der Waals surface area contributed by atoms with Crippen molar-refractivity contribution < 1.29 is 22.7 Å². The molecule has 1 heterocycles. The number of amides is 1. The number of ether oxygens (including phenoxy) is 2. The minimum atomic E-state index is -3.70. The second-order valence-electron chi connectivity index (χ2n) is 5.77. The first-order valence-electron chi connectivity index (χ1n) is 7.88. The van der Waals surface area contributed by atoms with Gasteiger partial charge < -0.3 is 9.47 Å². The van der Waals surface area contributed by atoms with Crippen LogP contribution >= 0.6 is 27.5 Å². The lowest BCUT2D eigenvalue weighted by Gasteiger charge is -2.21. The van der Waals surface area contributed by atoms with Crippen LogP contribution in [-0.2, 0) is 14.8 Å². The predicted octanol–water partition coefficient (Wildman–Crippen LogP) is 2.75. The topological polar surface area (TPSA) is 97.3 Å². The number of fused-ring (bicyclic) bond motifs is 1. The standard InChI is InChI=1S/C17H15BrClN3O5S/c1-28(24,25)22(13-4-2-3-12(19)6-13)9-17(23)21-20-8-11-5-15-16(7-14(11)18)27-10-26-15/h2-8H,9-10H2,1H3,(H,21,23)/b20-8-. The van der Waals surface area contributed by atoms with Gasteiger partial charge in [0.1, 0.15) is 6.54 Å². The van der Waals surface area contributed by atoms with Crippen molar-refractivity contribution in [1.29, 1.82) is 0 Å². The molecule has 28 heavy (non-hydrogen) atoms. The Morgan fingerprint density at radius 2 is 2.04 bits per heavy atom. The van der Waals surface area contributed by atoms with Crippen LogP contribution in [0.5, 0.6) is 11.5 Å². The maximum atomic E-state index is 12.2. The van der Waals surface area contributed by atoms with E-state index in [1.165, 1.54) is 12.3 Å². The van der Waals surface area contributed by atoms with E-state index in [0.29, 0.717) is 26.6 Å². The average Bonchev–Trinajstić information content (AvgIpc) is 3.06. The number of hydrogen-bond donors (Lipinski definition) is 1. The summed E-state index contributed by atoms with van der Waals surface area (Å²) in [6, 6.07) is 9.66. The highest BCUT2D eigenvalue weighted by Crippen LogP contribution is 2.36. The van der Waals surface area contributed by atoms with Crippen LogP contribution in [0.3, 0.4) is 0 Å². The van der Waals surface area contributed by atoms with E-state index >= 15 is 0 Å². The highest BCUT2D eigenvalue weighted by Gasteiger charge is 2.21. The van der Waals surface area contributed by atoms with Crippen LogP contribution in [-0.4, -0.2) is 40.1 Å². The van der Waals surface area contributed by atoms with E-state index in [1.54, 1.807) is 30.3 Å². The maximum absolute atomic E-state index is 12.2. The largest absolute Gasteiger partial charge is 0.454 e. The van der Waals surface area contributed by atoms with Crippen molar-refractivity contribution in [2.24, 2.45) is 5.10 Å². The van der Waals surface area contributed by atoms with Gasteiger partial charge in [-0.05, 0) is 46.3 Å². The van der Waals surface area contributed by atoms with Crippen molar-refractivity contribution in [2.75, 3.05) is 23.9 Å². The zero-order chi connectivity index (χ0) is 20.3. The number of carbonyl (C=O) groups is 1. The fraction of sp³-hybridized carbons (Fsp3) is 0.176. The lowest BCUT2D eigenvalue weighted by molar-refractivity contribution is -0.119. The molecule has 0 aliphatic carbocycles. The van der Waals surface area contributed by atoms with Gasteiger partial charge in [0, 0.05) is 15.1 Å². The minimum Gasteiger partial charge on any atom is -0.454 e. The van der Waals surface area contributed by atoms with Gasteiger partial charge in [-0.15, -0.1) is 0 Å². The van der Waals surface area contributed by atoms with Gasteiger partial charge in [0.25, 0.3) is 5.91 Å². The Balaban J connectivity index is 1.69. The fourth-order valence-corrected chi connectivity index (χ4v) is 3.86. The number of hydrogen-bond acceptors (Lipinski definition) is 6. The lowest BCUT2D eigenvalue weighted by atomic mass is 10.2. The molecule has 0 spiro atoms. The molecule has 1 aliphatic rings. The minimum absolute atomic E-state index is 0.143. The van der Waals surface area contributed by atoms with Crippen molar-refractivity contribution in [1.82, 2.24) is 5.43 Å². The van der Waals surface area contributed by atoms with Crippen molar-refractivity contribution in [3.63, 3.8) is 0 Å². The predicted molar refractivity (Wildman–Crippen MR) is 110 cm³/mol. The summed E-state index contributed by atoms with van der Waals surface area (Å²) in [7, 11) is -3.70. The van der Waals surface area contributed by atoms with E-state index in [9.17, 15) is 13.2 Å². The number of carbonyl (C=O) groups excluding carboxylic acids is 1. The van der Waals surface area contributed by atoms with Crippen molar-refractivity contribution in [2.45, 2.75) is 0 Å². The molecule has 0 unspecified atom stereocenters. The second-order valence-corrected chi connectivity index (χ2v) is 8.97. The summed E-state index contributed by atoms with van der Waals surface area (Å²) in [5, 5.41) is 4.23. The quantitative estimate of drug-likeness (QED) is 0.498. The molecule has 2 aromatic rings.